The second-order valence-electron chi connectivity index (χ2n) is 8.12. The lowest BCUT2D eigenvalue weighted by Crippen LogP contribution is -2.13. The van der Waals surface area contributed by atoms with E-state index in [9.17, 15) is 22.8 Å². The minimum Gasteiger partial charge on any atom is -0.399 e. The standard InChI is InChI=1S/C14H12F3N3O.C13H13N3O/c15-14(16,17)9-2-1-3-12(6-9)20-13(21)8-4-10(18)7-11(19)5-8;14-10-3-1-9(2-4-10)13(17)16-12-7-5-11(15)6-8-12/h1-7H,18-19H2,(H,20,21);1-8H,14-15H2,(H,16,17). The van der Waals surface area contributed by atoms with Crippen LogP contribution in [0.2, 0.25) is 0 Å². The van der Waals surface area contributed by atoms with E-state index in [0.717, 1.165) is 12.1 Å². The Balaban J connectivity index is 0.000000215. The van der Waals surface area contributed by atoms with Crippen molar-refractivity contribution in [3.05, 3.63) is 108 Å². The van der Waals surface area contributed by atoms with Crippen LogP contribution in [0.3, 0.4) is 0 Å². The molecule has 0 bridgehead atoms. The van der Waals surface area contributed by atoms with Crippen LogP contribution in [0.4, 0.5) is 47.3 Å². The fourth-order valence-corrected chi connectivity index (χ4v) is 3.19. The average molecular weight is 523 g/mol. The Kier molecular flexibility index (Phi) is 8.43. The summed E-state index contributed by atoms with van der Waals surface area (Å²) >= 11 is 0. The van der Waals surface area contributed by atoms with Crippen molar-refractivity contribution in [3.63, 3.8) is 0 Å². The van der Waals surface area contributed by atoms with Gasteiger partial charge in [0.2, 0.25) is 0 Å². The number of amides is 2. The van der Waals surface area contributed by atoms with E-state index in [1.54, 1.807) is 48.5 Å². The summed E-state index contributed by atoms with van der Waals surface area (Å²) in [6.45, 7) is 0. The highest BCUT2D eigenvalue weighted by molar-refractivity contribution is 6.05. The number of carbonyl (C=O) groups is 2. The van der Waals surface area contributed by atoms with Crippen LogP contribution in [0.5, 0.6) is 0 Å². The van der Waals surface area contributed by atoms with Crippen LogP contribution in [0.25, 0.3) is 0 Å². The highest BCUT2D eigenvalue weighted by Gasteiger charge is 2.30. The Hall–Kier alpha value is -5.19. The zero-order valence-electron chi connectivity index (χ0n) is 19.9. The molecule has 11 heteroatoms. The van der Waals surface area contributed by atoms with Crippen LogP contribution >= 0.6 is 0 Å². The molecule has 2 amide bonds. The highest BCUT2D eigenvalue weighted by Crippen LogP contribution is 2.30. The summed E-state index contributed by atoms with van der Waals surface area (Å²) in [5.74, 6) is -0.761. The topological polar surface area (TPSA) is 162 Å². The van der Waals surface area contributed by atoms with Crippen molar-refractivity contribution >= 4 is 45.9 Å². The fourth-order valence-electron chi connectivity index (χ4n) is 3.19. The molecule has 4 aromatic rings. The molecular weight excluding hydrogens is 497 g/mol. The third-order valence-electron chi connectivity index (χ3n) is 5.03. The maximum Gasteiger partial charge on any atom is 0.416 e. The summed E-state index contributed by atoms with van der Waals surface area (Å²) in [4.78, 5) is 23.8. The third-order valence-corrected chi connectivity index (χ3v) is 5.03. The first kappa shape index (κ1) is 27.4. The Labute approximate surface area is 216 Å². The smallest absolute Gasteiger partial charge is 0.399 e. The molecule has 196 valence electrons. The lowest BCUT2D eigenvalue weighted by atomic mass is 10.1. The molecule has 0 aliphatic carbocycles. The van der Waals surface area contributed by atoms with E-state index in [0.29, 0.717) is 34.0 Å². The van der Waals surface area contributed by atoms with Gasteiger partial charge in [0.1, 0.15) is 0 Å². The number of rotatable bonds is 4. The Bertz CT molecular complexity index is 1400. The van der Waals surface area contributed by atoms with E-state index in [1.165, 1.54) is 30.3 Å². The first-order chi connectivity index (χ1) is 17.9. The number of nitrogens with one attached hydrogen (secondary N) is 2. The van der Waals surface area contributed by atoms with Gasteiger partial charge in [-0.05, 0) is 84.9 Å². The summed E-state index contributed by atoms with van der Waals surface area (Å²) in [5.41, 5.74) is 24.8. The van der Waals surface area contributed by atoms with Crippen LogP contribution in [-0.4, -0.2) is 11.8 Å². The van der Waals surface area contributed by atoms with E-state index in [4.69, 9.17) is 22.9 Å². The van der Waals surface area contributed by atoms with Crippen molar-refractivity contribution in [2.75, 3.05) is 33.6 Å². The molecule has 0 spiro atoms. The van der Waals surface area contributed by atoms with E-state index >= 15 is 0 Å². The van der Waals surface area contributed by atoms with Crippen LogP contribution < -0.4 is 33.6 Å². The summed E-state index contributed by atoms with van der Waals surface area (Å²) in [5, 5.41) is 5.14. The van der Waals surface area contributed by atoms with Crippen molar-refractivity contribution in [1.29, 1.82) is 0 Å². The average Bonchev–Trinajstić information content (AvgIpc) is 2.85. The lowest BCUT2D eigenvalue weighted by molar-refractivity contribution is -0.137. The number of halogens is 3. The second-order valence-corrected chi connectivity index (χ2v) is 8.12. The summed E-state index contributed by atoms with van der Waals surface area (Å²) < 4.78 is 37.8. The molecule has 38 heavy (non-hydrogen) atoms. The first-order valence-electron chi connectivity index (χ1n) is 11.1. The van der Waals surface area contributed by atoms with Crippen LogP contribution in [0.1, 0.15) is 26.3 Å². The van der Waals surface area contributed by atoms with Gasteiger partial charge in [-0.2, -0.15) is 13.2 Å². The van der Waals surface area contributed by atoms with Crippen LogP contribution in [0.15, 0.2) is 91.0 Å². The van der Waals surface area contributed by atoms with Gasteiger partial charge < -0.3 is 33.6 Å². The number of carbonyl (C=O) groups excluding carboxylic acids is 2. The van der Waals surface area contributed by atoms with Crippen molar-refractivity contribution in [2.45, 2.75) is 6.18 Å². The first-order valence-corrected chi connectivity index (χ1v) is 11.1. The van der Waals surface area contributed by atoms with E-state index in [1.807, 2.05) is 0 Å². The van der Waals surface area contributed by atoms with Gasteiger partial charge in [0.25, 0.3) is 11.8 Å². The molecular formula is C27H25F3N6O2. The maximum atomic E-state index is 12.6. The molecule has 0 aliphatic rings. The number of hydrogen-bond acceptors (Lipinski definition) is 6. The highest BCUT2D eigenvalue weighted by atomic mass is 19.4. The summed E-state index contributed by atoms with van der Waals surface area (Å²) in [6.07, 6.45) is -4.47. The molecule has 8 nitrogen and oxygen atoms in total. The predicted molar refractivity (Wildman–Crippen MR) is 144 cm³/mol. The van der Waals surface area contributed by atoms with Crippen molar-refractivity contribution < 1.29 is 22.8 Å². The summed E-state index contributed by atoms with van der Waals surface area (Å²) in [7, 11) is 0. The summed E-state index contributed by atoms with van der Waals surface area (Å²) in [6, 6.07) is 22.3. The molecule has 0 aliphatic heterocycles. The Morgan fingerprint density at radius 3 is 1.61 bits per heavy atom. The van der Waals surface area contributed by atoms with Gasteiger partial charge in [-0.3, -0.25) is 9.59 Å². The maximum absolute atomic E-state index is 12.6. The number of alkyl halides is 3. The second kappa shape index (κ2) is 11.7. The molecule has 0 aromatic heterocycles. The fraction of sp³-hybridized carbons (Fsp3) is 0.0370. The van der Waals surface area contributed by atoms with Gasteiger partial charge in [-0.15, -0.1) is 0 Å². The number of nitrogens with two attached hydrogens (primary N) is 4. The molecule has 4 aromatic carbocycles. The minimum atomic E-state index is -4.47. The molecule has 0 fully saturated rings. The lowest BCUT2D eigenvalue weighted by Gasteiger charge is -2.10. The van der Waals surface area contributed by atoms with Crippen LogP contribution in [-0.2, 0) is 6.18 Å². The molecule has 0 unspecified atom stereocenters. The number of anilines is 6. The van der Waals surface area contributed by atoms with Crippen molar-refractivity contribution in [1.82, 2.24) is 0 Å². The predicted octanol–water partition coefficient (Wildman–Crippen LogP) is 5.23. The van der Waals surface area contributed by atoms with Gasteiger partial charge in [0, 0.05) is 45.3 Å². The Morgan fingerprint density at radius 1 is 0.553 bits per heavy atom. The molecule has 0 saturated carbocycles. The largest absolute Gasteiger partial charge is 0.416 e. The SMILES string of the molecule is Nc1cc(N)cc(C(=O)Nc2cccc(C(F)(F)F)c2)c1.Nc1ccc(NC(=O)c2ccc(N)cc2)cc1. The molecule has 4 rings (SSSR count). The van der Waals surface area contributed by atoms with E-state index in [2.05, 4.69) is 10.6 Å². The van der Waals surface area contributed by atoms with Crippen molar-refractivity contribution in [3.8, 4) is 0 Å². The monoisotopic (exact) mass is 522 g/mol. The Morgan fingerprint density at radius 2 is 1.05 bits per heavy atom. The molecule has 0 heterocycles. The number of benzene rings is 4. The third kappa shape index (κ3) is 7.92. The number of nitrogen functional groups attached to an aromatic ring is 4. The van der Waals surface area contributed by atoms with Gasteiger partial charge in [-0.1, -0.05) is 6.07 Å². The zero-order chi connectivity index (χ0) is 27.9. The minimum absolute atomic E-state index is 0.0378. The molecule has 0 radical (unpaired) electrons. The van der Waals surface area contributed by atoms with Gasteiger partial charge in [0.05, 0.1) is 5.56 Å². The zero-order valence-corrected chi connectivity index (χ0v) is 19.9. The van der Waals surface area contributed by atoms with Crippen LogP contribution in [0, 0.1) is 0 Å². The molecule has 0 saturated heterocycles. The normalized spacial score (nSPS) is 10.6. The number of hydrogen-bond donors (Lipinski definition) is 6. The van der Waals surface area contributed by atoms with E-state index in [-0.39, 0.29) is 17.2 Å². The van der Waals surface area contributed by atoms with Gasteiger partial charge in [-0.25, -0.2) is 0 Å². The quantitative estimate of drug-likeness (QED) is 0.201. The van der Waals surface area contributed by atoms with E-state index < -0.39 is 17.6 Å². The van der Waals surface area contributed by atoms with Crippen molar-refractivity contribution in [2.24, 2.45) is 0 Å². The van der Waals surface area contributed by atoms with Gasteiger partial charge >= 0.3 is 6.18 Å². The van der Waals surface area contributed by atoms with Gasteiger partial charge in [0.15, 0.2) is 0 Å². The molecule has 10 N–H and O–H groups in total. The molecule has 0 atom stereocenters.